The molecule has 1 amide bonds. The van der Waals surface area contributed by atoms with Gasteiger partial charge in [-0.3, -0.25) is 9.59 Å². The van der Waals surface area contributed by atoms with Crippen LogP contribution in [0.4, 0.5) is 5.69 Å². The van der Waals surface area contributed by atoms with E-state index in [9.17, 15) is 14.7 Å². The van der Waals surface area contributed by atoms with Crippen LogP contribution in [0.1, 0.15) is 43.0 Å². The summed E-state index contributed by atoms with van der Waals surface area (Å²) in [4.78, 5) is 26.4. The Balaban J connectivity index is 1.30. The third-order valence-electron chi connectivity index (χ3n) is 7.34. The van der Waals surface area contributed by atoms with Gasteiger partial charge in [0.15, 0.2) is 5.76 Å². The SMILES string of the molecule is CCN(C(=O)CCc1c(C)noc1-c1ccc(-c2ccc(C3(C(=O)O)CC3)cc2)cc1)c1ccccc1. The topological polar surface area (TPSA) is 83.6 Å². The van der Waals surface area contributed by atoms with Gasteiger partial charge in [-0.1, -0.05) is 71.9 Å². The molecule has 0 spiro atoms. The molecule has 1 fully saturated rings. The molecule has 1 heterocycles. The van der Waals surface area contributed by atoms with E-state index < -0.39 is 11.4 Å². The van der Waals surface area contributed by atoms with Gasteiger partial charge in [0.2, 0.25) is 5.91 Å². The van der Waals surface area contributed by atoms with Gasteiger partial charge in [-0.25, -0.2) is 0 Å². The third kappa shape index (κ3) is 4.79. The number of anilines is 1. The van der Waals surface area contributed by atoms with Crippen molar-refractivity contribution in [1.29, 1.82) is 0 Å². The van der Waals surface area contributed by atoms with Crippen molar-refractivity contribution in [2.24, 2.45) is 0 Å². The number of nitrogens with zero attached hydrogens (tertiary/aromatic N) is 2. The van der Waals surface area contributed by atoms with E-state index in [2.05, 4.69) is 5.16 Å². The lowest BCUT2D eigenvalue weighted by Crippen LogP contribution is -2.30. The standard InChI is InChI=1S/C31H30N2O4/c1-3-33(26-7-5-4-6-8-26)28(34)18-17-27-21(2)32-37-29(27)24-11-9-22(10-12-24)23-13-15-25(16-14-23)31(19-20-31)30(35)36/h4-16H,3,17-20H2,1-2H3,(H,35,36). The molecule has 0 atom stereocenters. The predicted molar refractivity (Wildman–Crippen MR) is 143 cm³/mol. The number of rotatable bonds is 9. The van der Waals surface area contributed by atoms with Gasteiger partial charge in [-0.05, 0) is 61.9 Å². The van der Waals surface area contributed by atoms with E-state index in [0.717, 1.165) is 39.2 Å². The molecule has 3 aromatic carbocycles. The Morgan fingerprint density at radius 1 is 0.919 bits per heavy atom. The number of para-hydroxylation sites is 1. The molecule has 0 aliphatic heterocycles. The van der Waals surface area contributed by atoms with E-state index in [1.807, 2.05) is 92.7 Å². The zero-order valence-corrected chi connectivity index (χ0v) is 21.1. The highest BCUT2D eigenvalue weighted by molar-refractivity contribution is 5.93. The summed E-state index contributed by atoms with van der Waals surface area (Å²) >= 11 is 0. The lowest BCUT2D eigenvalue weighted by molar-refractivity contribution is -0.140. The van der Waals surface area contributed by atoms with E-state index in [-0.39, 0.29) is 5.91 Å². The number of aromatic nitrogens is 1. The largest absolute Gasteiger partial charge is 0.481 e. The zero-order valence-electron chi connectivity index (χ0n) is 21.1. The Labute approximate surface area is 216 Å². The van der Waals surface area contributed by atoms with E-state index >= 15 is 0 Å². The monoisotopic (exact) mass is 494 g/mol. The number of carbonyl (C=O) groups is 2. The summed E-state index contributed by atoms with van der Waals surface area (Å²) in [6.45, 7) is 4.49. The van der Waals surface area contributed by atoms with Crippen molar-refractivity contribution in [2.75, 3.05) is 11.4 Å². The summed E-state index contributed by atoms with van der Waals surface area (Å²) in [7, 11) is 0. The Morgan fingerprint density at radius 2 is 1.51 bits per heavy atom. The van der Waals surface area contributed by atoms with Gasteiger partial charge in [0.25, 0.3) is 0 Å². The van der Waals surface area contributed by atoms with Gasteiger partial charge in [-0.15, -0.1) is 0 Å². The van der Waals surface area contributed by atoms with Crippen LogP contribution in [0.5, 0.6) is 0 Å². The van der Waals surface area contributed by atoms with Crippen molar-refractivity contribution in [3.63, 3.8) is 0 Å². The second-order valence-corrected chi connectivity index (χ2v) is 9.59. The number of amides is 1. The van der Waals surface area contributed by atoms with E-state index in [0.29, 0.717) is 38.0 Å². The summed E-state index contributed by atoms with van der Waals surface area (Å²) in [5.74, 6) is 0.00828. The third-order valence-corrected chi connectivity index (χ3v) is 7.34. The zero-order chi connectivity index (χ0) is 26.0. The lowest BCUT2D eigenvalue weighted by Gasteiger charge is -2.21. The summed E-state index contributed by atoms with van der Waals surface area (Å²) in [5.41, 5.74) is 5.76. The van der Waals surface area contributed by atoms with Crippen molar-refractivity contribution < 1.29 is 19.2 Å². The first-order valence-electron chi connectivity index (χ1n) is 12.7. The number of carboxylic acids is 1. The Kier molecular flexibility index (Phi) is 6.66. The minimum absolute atomic E-state index is 0.0647. The van der Waals surface area contributed by atoms with Gasteiger partial charge >= 0.3 is 5.97 Å². The fourth-order valence-corrected chi connectivity index (χ4v) is 4.93. The van der Waals surface area contributed by atoms with Crippen LogP contribution in [-0.2, 0) is 21.4 Å². The van der Waals surface area contributed by atoms with Gasteiger partial charge in [0.1, 0.15) is 0 Å². The smallest absolute Gasteiger partial charge is 0.314 e. The van der Waals surface area contributed by atoms with E-state index in [1.165, 1.54) is 0 Å². The fraction of sp³-hybridized carbons (Fsp3) is 0.258. The van der Waals surface area contributed by atoms with Gasteiger partial charge in [0.05, 0.1) is 11.1 Å². The first-order chi connectivity index (χ1) is 17.9. The van der Waals surface area contributed by atoms with Crippen LogP contribution in [0.15, 0.2) is 83.4 Å². The second-order valence-electron chi connectivity index (χ2n) is 9.59. The molecule has 1 aliphatic rings. The maximum Gasteiger partial charge on any atom is 0.314 e. The average molecular weight is 495 g/mol. The maximum atomic E-state index is 13.0. The minimum atomic E-state index is -0.744. The van der Waals surface area contributed by atoms with Gasteiger partial charge < -0.3 is 14.5 Å². The Hall–Kier alpha value is -4.19. The number of aliphatic carboxylic acids is 1. The number of aryl methyl sites for hydroxylation is 1. The van der Waals surface area contributed by atoms with Crippen LogP contribution >= 0.6 is 0 Å². The molecule has 37 heavy (non-hydrogen) atoms. The van der Waals surface area contributed by atoms with Crippen molar-refractivity contribution in [3.8, 4) is 22.5 Å². The molecule has 6 heteroatoms. The second kappa shape index (κ2) is 10.1. The number of benzene rings is 3. The highest BCUT2D eigenvalue weighted by atomic mass is 16.5. The quantitative estimate of drug-likeness (QED) is 0.290. The predicted octanol–water partition coefficient (Wildman–Crippen LogP) is 6.42. The molecule has 188 valence electrons. The molecule has 5 rings (SSSR count). The molecule has 6 nitrogen and oxygen atoms in total. The first-order valence-corrected chi connectivity index (χ1v) is 12.7. The van der Waals surface area contributed by atoms with Crippen molar-refractivity contribution in [3.05, 3.63) is 95.7 Å². The highest BCUT2D eigenvalue weighted by Gasteiger charge is 2.51. The van der Waals surface area contributed by atoms with Crippen LogP contribution in [0.3, 0.4) is 0 Å². The molecule has 1 aromatic heterocycles. The molecular weight excluding hydrogens is 464 g/mol. The van der Waals surface area contributed by atoms with E-state index in [4.69, 9.17) is 4.52 Å². The number of hydrogen-bond donors (Lipinski definition) is 1. The number of carbonyl (C=O) groups excluding carboxylic acids is 1. The molecule has 0 radical (unpaired) electrons. The number of hydrogen-bond acceptors (Lipinski definition) is 4. The number of carboxylic acid groups (broad SMARTS) is 1. The van der Waals surface area contributed by atoms with Crippen molar-refractivity contribution in [2.45, 2.75) is 44.9 Å². The normalized spacial score (nSPS) is 13.8. The molecule has 4 aromatic rings. The summed E-state index contributed by atoms with van der Waals surface area (Å²) in [5, 5.41) is 13.7. The maximum absolute atomic E-state index is 13.0. The summed E-state index contributed by atoms with van der Waals surface area (Å²) < 4.78 is 5.68. The van der Waals surface area contributed by atoms with Crippen LogP contribution in [0.25, 0.3) is 22.5 Å². The van der Waals surface area contributed by atoms with Gasteiger partial charge in [0, 0.05) is 29.8 Å². The minimum Gasteiger partial charge on any atom is -0.481 e. The Morgan fingerprint density at radius 3 is 2.08 bits per heavy atom. The summed E-state index contributed by atoms with van der Waals surface area (Å²) in [6.07, 6.45) is 2.30. The van der Waals surface area contributed by atoms with E-state index in [1.54, 1.807) is 4.90 Å². The Bertz CT molecular complexity index is 1400. The van der Waals surface area contributed by atoms with Gasteiger partial charge in [-0.2, -0.15) is 0 Å². The molecular formula is C31H30N2O4. The van der Waals surface area contributed by atoms with Crippen molar-refractivity contribution >= 4 is 17.6 Å². The van der Waals surface area contributed by atoms with Crippen LogP contribution in [-0.4, -0.2) is 28.7 Å². The molecule has 1 N–H and O–H groups in total. The van der Waals surface area contributed by atoms with Crippen LogP contribution in [0, 0.1) is 6.92 Å². The molecule has 0 unspecified atom stereocenters. The highest BCUT2D eigenvalue weighted by Crippen LogP contribution is 2.48. The molecule has 1 saturated carbocycles. The van der Waals surface area contributed by atoms with Crippen molar-refractivity contribution in [1.82, 2.24) is 5.16 Å². The summed E-state index contributed by atoms with van der Waals surface area (Å²) in [6, 6.07) is 25.6. The fourth-order valence-electron chi connectivity index (χ4n) is 4.93. The average Bonchev–Trinajstić information content (AvgIpc) is 3.67. The first kappa shape index (κ1) is 24.5. The lowest BCUT2D eigenvalue weighted by atomic mass is 9.93. The molecule has 0 saturated heterocycles. The molecule has 1 aliphatic carbocycles. The van der Waals surface area contributed by atoms with Crippen LogP contribution in [0.2, 0.25) is 0 Å². The van der Waals surface area contributed by atoms with Crippen LogP contribution < -0.4 is 4.90 Å². The molecule has 0 bridgehead atoms.